The summed E-state index contributed by atoms with van der Waals surface area (Å²) in [7, 11) is 1.67. The van der Waals surface area contributed by atoms with E-state index in [9.17, 15) is 5.11 Å². The summed E-state index contributed by atoms with van der Waals surface area (Å²) in [5.74, 6) is 1.07. The van der Waals surface area contributed by atoms with Crippen LogP contribution in [0.2, 0.25) is 0 Å². The fraction of sp³-hybridized carbons (Fsp3) is 0.312. The van der Waals surface area contributed by atoms with Crippen molar-refractivity contribution >= 4 is 0 Å². The molecule has 2 rings (SSSR count). The highest BCUT2D eigenvalue weighted by Crippen LogP contribution is 2.25. The van der Waals surface area contributed by atoms with Crippen molar-refractivity contribution in [2.24, 2.45) is 0 Å². The van der Waals surface area contributed by atoms with Gasteiger partial charge >= 0.3 is 0 Å². The maximum Gasteiger partial charge on any atom is 0.138 e. The van der Waals surface area contributed by atoms with Gasteiger partial charge in [0.25, 0.3) is 0 Å². The first-order valence-corrected chi connectivity index (χ1v) is 6.63. The molecule has 0 aliphatic heterocycles. The predicted molar refractivity (Wildman–Crippen MR) is 78.9 cm³/mol. The number of pyridine rings is 1. The van der Waals surface area contributed by atoms with Gasteiger partial charge in [0.2, 0.25) is 0 Å². The van der Waals surface area contributed by atoms with E-state index >= 15 is 0 Å². The number of nitrogens with zero attached hydrogens (tertiary/aromatic N) is 1. The second-order valence-electron chi connectivity index (χ2n) is 4.76. The van der Waals surface area contributed by atoms with Gasteiger partial charge in [-0.2, -0.15) is 0 Å². The zero-order valence-corrected chi connectivity index (χ0v) is 12.1. The third-order valence-corrected chi connectivity index (χ3v) is 3.27. The van der Waals surface area contributed by atoms with Gasteiger partial charge in [-0.3, -0.25) is 4.98 Å². The normalized spacial score (nSPS) is 12.2. The summed E-state index contributed by atoms with van der Waals surface area (Å²) in [6.45, 7) is 4.48. The highest BCUT2D eigenvalue weighted by Gasteiger charge is 2.11. The Bertz CT molecular complexity index is 584. The third kappa shape index (κ3) is 3.27. The second-order valence-corrected chi connectivity index (χ2v) is 4.76. The van der Waals surface area contributed by atoms with Gasteiger partial charge in [0.1, 0.15) is 11.5 Å². The lowest BCUT2D eigenvalue weighted by Gasteiger charge is -2.17. The SMILES string of the molecule is COc1ccccc1C(C)NCc1nc(C)ccc1O. The number of aromatic nitrogens is 1. The molecule has 106 valence electrons. The molecule has 1 heterocycles. The van der Waals surface area contributed by atoms with Gasteiger partial charge in [-0.1, -0.05) is 18.2 Å². The molecule has 1 unspecified atom stereocenters. The Morgan fingerprint density at radius 3 is 2.75 bits per heavy atom. The number of ether oxygens (including phenoxy) is 1. The quantitative estimate of drug-likeness (QED) is 0.878. The fourth-order valence-electron chi connectivity index (χ4n) is 2.12. The first-order valence-electron chi connectivity index (χ1n) is 6.63. The molecule has 4 nitrogen and oxygen atoms in total. The number of rotatable bonds is 5. The number of para-hydroxylation sites is 1. The number of aryl methyl sites for hydroxylation is 1. The summed E-state index contributed by atoms with van der Waals surface area (Å²) in [5.41, 5.74) is 2.64. The van der Waals surface area contributed by atoms with Crippen molar-refractivity contribution in [3.05, 3.63) is 53.3 Å². The standard InChI is InChI=1S/C16H20N2O2/c1-11-8-9-15(19)14(18-11)10-17-12(2)13-6-4-5-7-16(13)20-3/h4-9,12,17,19H,10H2,1-3H3. The van der Waals surface area contributed by atoms with Crippen molar-refractivity contribution in [1.82, 2.24) is 10.3 Å². The molecule has 0 bridgehead atoms. The van der Waals surface area contributed by atoms with Gasteiger partial charge < -0.3 is 15.2 Å². The maximum absolute atomic E-state index is 9.79. The van der Waals surface area contributed by atoms with Crippen LogP contribution in [0.15, 0.2) is 36.4 Å². The lowest BCUT2D eigenvalue weighted by molar-refractivity contribution is 0.400. The van der Waals surface area contributed by atoms with Crippen LogP contribution in [0.5, 0.6) is 11.5 Å². The Morgan fingerprint density at radius 2 is 2.00 bits per heavy atom. The fourth-order valence-corrected chi connectivity index (χ4v) is 2.12. The number of hydrogen-bond donors (Lipinski definition) is 2. The Labute approximate surface area is 119 Å². The van der Waals surface area contributed by atoms with Crippen molar-refractivity contribution in [2.75, 3.05) is 7.11 Å². The Balaban J connectivity index is 2.08. The minimum Gasteiger partial charge on any atom is -0.506 e. The van der Waals surface area contributed by atoms with E-state index in [0.717, 1.165) is 17.0 Å². The highest BCUT2D eigenvalue weighted by atomic mass is 16.5. The van der Waals surface area contributed by atoms with E-state index in [-0.39, 0.29) is 11.8 Å². The van der Waals surface area contributed by atoms with E-state index in [0.29, 0.717) is 12.2 Å². The van der Waals surface area contributed by atoms with Crippen LogP contribution in [0.25, 0.3) is 0 Å². The van der Waals surface area contributed by atoms with Crippen molar-refractivity contribution in [3.8, 4) is 11.5 Å². The predicted octanol–water partition coefficient (Wildman–Crippen LogP) is 2.96. The monoisotopic (exact) mass is 272 g/mol. The minimum atomic E-state index is 0.105. The number of aromatic hydroxyl groups is 1. The lowest BCUT2D eigenvalue weighted by Crippen LogP contribution is -2.19. The van der Waals surface area contributed by atoms with Crippen LogP contribution in [0.4, 0.5) is 0 Å². The van der Waals surface area contributed by atoms with E-state index in [1.807, 2.05) is 31.2 Å². The van der Waals surface area contributed by atoms with Crippen LogP contribution in [-0.2, 0) is 6.54 Å². The molecule has 0 amide bonds. The largest absolute Gasteiger partial charge is 0.506 e. The summed E-state index contributed by atoms with van der Waals surface area (Å²) >= 11 is 0. The van der Waals surface area contributed by atoms with Crippen LogP contribution in [0, 0.1) is 6.92 Å². The van der Waals surface area contributed by atoms with Crippen LogP contribution < -0.4 is 10.1 Å². The van der Waals surface area contributed by atoms with Gasteiger partial charge in [-0.15, -0.1) is 0 Å². The molecule has 0 aliphatic rings. The molecule has 2 N–H and O–H groups in total. The van der Waals surface area contributed by atoms with Crippen LogP contribution in [0.3, 0.4) is 0 Å². The van der Waals surface area contributed by atoms with E-state index in [2.05, 4.69) is 17.2 Å². The summed E-state index contributed by atoms with van der Waals surface area (Å²) in [5, 5.41) is 13.1. The lowest BCUT2D eigenvalue weighted by atomic mass is 10.1. The summed E-state index contributed by atoms with van der Waals surface area (Å²) < 4.78 is 5.36. The summed E-state index contributed by atoms with van der Waals surface area (Å²) in [6.07, 6.45) is 0. The van der Waals surface area contributed by atoms with Crippen LogP contribution >= 0.6 is 0 Å². The Morgan fingerprint density at radius 1 is 1.25 bits per heavy atom. The average Bonchev–Trinajstić information content (AvgIpc) is 2.47. The van der Waals surface area contributed by atoms with Gasteiger partial charge in [-0.25, -0.2) is 0 Å². The first kappa shape index (κ1) is 14.3. The third-order valence-electron chi connectivity index (χ3n) is 3.27. The van der Waals surface area contributed by atoms with Crippen molar-refractivity contribution in [2.45, 2.75) is 26.4 Å². The molecular weight excluding hydrogens is 252 g/mol. The van der Waals surface area contributed by atoms with E-state index in [1.54, 1.807) is 19.2 Å². The molecule has 0 aliphatic carbocycles. The molecule has 1 aromatic carbocycles. The number of methoxy groups -OCH3 is 1. The smallest absolute Gasteiger partial charge is 0.138 e. The Hall–Kier alpha value is -2.07. The number of hydrogen-bond acceptors (Lipinski definition) is 4. The van der Waals surface area contributed by atoms with Crippen LogP contribution in [-0.4, -0.2) is 17.2 Å². The molecule has 1 aromatic heterocycles. The number of nitrogens with one attached hydrogen (secondary N) is 1. The Kier molecular flexibility index (Phi) is 4.58. The molecule has 0 fully saturated rings. The van der Waals surface area contributed by atoms with Gasteiger partial charge in [-0.05, 0) is 32.0 Å². The summed E-state index contributed by atoms with van der Waals surface area (Å²) in [6, 6.07) is 11.5. The minimum absolute atomic E-state index is 0.105. The van der Waals surface area contributed by atoms with Crippen LogP contribution in [0.1, 0.15) is 29.9 Å². The summed E-state index contributed by atoms with van der Waals surface area (Å²) in [4.78, 5) is 4.34. The van der Waals surface area contributed by atoms with Crippen molar-refractivity contribution in [1.29, 1.82) is 0 Å². The zero-order chi connectivity index (χ0) is 14.5. The van der Waals surface area contributed by atoms with E-state index in [4.69, 9.17) is 4.74 Å². The molecular formula is C16H20N2O2. The van der Waals surface area contributed by atoms with Gasteiger partial charge in [0, 0.05) is 23.8 Å². The molecule has 0 radical (unpaired) electrons. The molecule has 0 saturated carbocycles. The van der Waals surface area contributed by atoms with Gasteiger partial charge in [0.15, 0.2) is 0 Å². The topological polar surface area (TPSA) is 54.4 Å². The zero-order valence-electron chi connectivity index (χ0n) is 12.1. The average molecular weight is 272 g/mol. The highest BCUT2D eigenvalue weighted by molar-refractivity contribution is 5.35. The maximum atomic E-state index is 9.79. The molecule has 2 aromatic rings. The molecule has 0 saturated heterocycles. The van der Waals surface area contributed by atoms with Crippen molar-refractivity contribution in [3.63, 3.8) is 0 Å². The number of benzene rings is 1. The van der Waals surface area contributed by atoms with Crippen molar-refractivity contribution < 1.29 is 9.84 Å². The first-order chi connectivity index (χ1) is 9.61. The second kappa shape index (κ2) is 6.39. The molecule has 20 heavy (non-hydrogen) atoms. The molecule has 0 spiro atoms. The molecule has 4 heteroatoms. The van der Waals surface area contributed by atoms with E-state index in [1.165, 1.54) is 0 Å². The molecule has 1 atom stereocenters. The van der Waals surface area contributed by atoms with E-state index < -0.39 is 0 Å². The van der Waals surface area contributed by atoms with Gasteiger partial charge in [0.05, 0.1) is 12.8 Å².